The first kappa shape index (κ1) is 21.1. The van der Waals surface area contributed by atoms with E-state index in [-0.39, 0.29) is 24.0 Å². The van der Waals surface area contributed by atoms with Gasteiger partial charge in [-0.1, -0.05) is 6.07 Å². The zero-order chi connectivity index (χ0) is 17.5. The molecular formula is C20H32IN3O2. The van der Waals surface area contributed by atoms with E-state index in [1.165, 1.54) is 25.7 Å². The number of hydrogen-bond donors (Lipinski definition) is 1. The highest BCUT2D eigenvalue weighted by Gasteiger charge is 2.19. The third-order valence-electron chi connectivity index (χ3n) is 4.98. The van der Waals surface area contributed by atoms with Crippen LogP contribution in [0.15, 0.2) is 23.2 Å². The summed E-state index contributed by atoms with van der Waals surface area (Å²) >= 11 is 0. The summed E-state index contributed by atoms with van der Waals surface area (Å²) in [5.74, 6) is 2.69. The lowest BCUT2D eigenvalue weighted by atomic mass is 10.2. The van der Waals surface area contributed by atoms with Gasteiger partial charge in [0.1, 0.15) is 0 Å². The molecule has 1 aromatic carbocycles. The van der Waals surface area contributed by atoms with Crippen LogP contribution in [0.5, 0.6) is 11.5 Å². The van der Waals surface area contributed by atoms with Crippen molar-refractivity contribution in [1.82, 2.24) is 10.2 Å². The monoisotopic (exact) mass is 473 g/mol. The molecule has 0 radical (unpaired) electrons. The largest absolute Gasteiger partial charge is 0.493 e. The molecule has 2 aliphatic rings. The van der Waals surface area contributed by atoms with Gasteiger partial charge in [-0.15, -0.1) is 24.0 Å². The number of rotatable bonds is 6. The van der Waals surface area contributed by atoms with Gasteiger partial charge in [0, 0.05) is 19.6 Å². The first-order valence-electron chi connectivity index (χ1n) is 9.67. The standard InChI is InChI=1S/C20H31N3O2.HI/c1-3-21-20(23-12-6-7-13-23)22-15-16-10-11-18(24-2)19(14-16)25-17-8-4-5-9-17;/h10-11,14,17H,3-9,12-13,15H2,1-2H3,(H,21,22);1H. The number of nitrogens with zero attached hydrogens (tertiary/aromatic N) is 2. The molecular weight excluding hydrogens is 441 g/mol. The van der Waals surface area contributed by atoms with Crippen molar-refractivity contribution in [2.75, 3.05) is 26.7 Å². The van der Waals surface area contributed by atoms with Crippen molar-refractivity contribution >= 4 is 29.9 Å². The van der Waals surface area contributed by atoms with Gasteiger partial charge in [0.25, 0.3) is 0 Å². The molecule has 1 aromatic rings. The highest BCUT2D eigenvalue weighted by molar-refractivity contribution is 14.0. The second kappa shape index (κ2) is 10.8. The molecule has 6 heteroatoms. The van der Waals surface area contributed by atoms with Crippen molar-refractivity contribution < 1.29 is 9.47 Å². The fourth-order valence-electron chi connectivity index (χ4n) is 3.62. The normalized spacial score (nSPS) is 17.9. The molecule has 1 saturated heterocycles. The molecule has 1 aliphatic heterocycles. The minimum absolute atomic E-state index is 0. The average Bonchev–Trinajstić information content (AvgIpc) is 3.32. The van der Waals surface area contributed by atoms with E-state index < -0.39 is 0 Å². The highest BCUT2D eigenvalue weighted by atomic mass is 127. The van der Waals surface area contributed by atoms with Gasteiger partial charge in [0.05, 0.1) is 19.8 Å². The van der Waals surface area contributed by atoms with E-state index in [4.69, 9.17) is 14.5 Å². The third-order valence-corrected chi connectivity index (χ3v) is 4.98. The Hall–Kier alpha value is -1.18. The lowest BCUT2D eigenvalue weighted by Crippen LogP contribution is -2.39. The molecule has 0 atom stereocenters. The maximum Gasteiger partial charge on any atom is 0.194 e. The van der Waals surface area contributed by atoms with Crippen molar-refractivity contribution in [3.8, 4) is 11.5 Å². The quantitative estimate of drug-likeness (QED) is 0.382. The Kier molecular flexibility index (Phi) is 8.81. The maximum absolute atomic E-state index is 6.19. The molecule has 26 heavy (non-hydrogen) atoms. The van der Waals surface area contributed by atoms with E-state index in [1.807, 2.05) is 6.07 Å². The van der Waals surface area contributed by atoms with Crippen molar-refractivity contribution in [1.29, 1.82) is 0 Å². The molecule has 0 bridgehead atoms. The van der Waals surface area contributed by atoms with E-state index in [0.29, 0.717) is 12.6 Å². The summed E-state index contributed by atoms with van der Waals surface area (Å²) in [6, 6.07) is 6.17. The van der Waals surface area contributed by atoms with E-state index in [0.717, 1.165) is 55.5 Å². The van der Waals surface area contributed by atoms with Crippen molar-refractivity contribution in [2.24, 2.45) is 4.99 Å². The number of guanidine groups is 1. The van der Waals surface area contributed by atoms with Crippen LogP contribution in [0.25, 0.3) is 0 Å². The molecule has 0 aromatic heterocycles. The molecule has 1 heterocycles. The Morgan fingerprint density at radius 2 is 1.88 bits per heavy atom. The molecule has 1 N–H and O–H groups in total. The van der Waals surface area contributed by atoms with Gasteiger partial charge in [-0.2, -0.15) is 0 Å². The number of likely N-dealkylation sites (tertiary alicyclic amines) is 1. The fraction of sp³-hybridized carbons (Fsp3) is 0.650. The van der Waals surface area contributed by atoms with E-state index in [1.54, 1.807) is 7.11 Å². The van der Waals surface area contributed by atoms with Crippen molar-refractivity contribution in [3.63, 3.8) is 0 Å². The van der Waals surface area contributed by atoms with Crippen LogP contribution in [0.1, 0.15) is 51.0 Å². The summed E-state index contributed by atoms with van der Waals surface area (Å²) < 4.78 is 11.7. The molecule has 146 valence electrons. The molecule has 5 nitrogen and oxygen atoms in total. The summed E-state index contributed by atoms with van der Waals surface area (Å²) in [6.45, 7) is 5.87. The van der Waals surface area contributed by atoms with Gasteiger partial charge in [0.2, 0.25) is 0 Å². The Balaban J connectivity index is 0.00000243. The van der Waals surface area contributed by atoms with E-state index >= 15 is 0 Å². The van der Waals surface area contributed by atoms with Crippen LogP contribution in [-0.2, 0) is 6.54 Å². The minimum atomic E-state index is 0. The minimum Gasteiger partial charge on any atom is -0.493 e. The Morgan fingerprint density at radius 1 is 1.15 bits per heavy atom. The SMILES string of the molecule is CCNC(=NCc1ccc(OC)c(OC2CCCC2)c1)N1CCCC1.I. The summed E-state index contributed by atoms with van der Waals surface area (Å²) in [7, 11) is 1.70. The number of aliphatic imine (C=N–C) groups is 1. The van der Waals surface area contributed by atoms with Crippen LogP contribution in [0.3, 0.4) is 0 Å². The highest BCUT2D eigenvalue weighted by Crippen LogP contribution is 2.32. The maximum atomic E-state index is 6.19. The second-order valence-corrected chi connectivity index (χ2v) is 6.87. The van der Waals surface area contributed by atoms with Crippen LogP contribution in [0.4, 0.5) is 0 Å². The number of benzene rings is 1. The smallest absolute Gasteiger partial charge is 0.194 e. The van der Waals surface area contributed by atoms with Crippen LogP contribution in [0, 0.1) is 0 Å². The van der Waals surface area contributed by atoms with Crippen LogP contribution >= 0.6 is 24.0 Å². The van der Waals surface area contributed by atoms with Gasteiger partial charge in [0.15, 0.2) is 17.5 Å². The molecule has 3 rings (SSSR count). The second-order valence-electron chi connectivity index (χ2n) is 6.87. The Bertz CT molecular complexity index is 582. The number of halogens is 1. The van der Waals surface area contributed by atoms with Gasteiger partial charge >= 0.3 is 0 Å². The first-order chi connectivity index (χ1) is 12.3. The number of nitrogens with one attached hydrogen (secondary N) is 1. The molecule has 1 saturated carbocycles. The number of methoxy groups -OCH3 is 1. The third kappa shape index (κ3) is 5.66. The van der Waals surface area contributed by atoms with Crippen LogP contribution in [-0.4, -0.2) is 43.7 Å². The van der Waals surface area contributed by atoms with Crippen LogP contribution in [0.2, 0.25) is 0 Å². The first-order valence-corrected chi connectivity index (χ1v) is 9.67. The van der Waals surface area contributed by atoms with Gasteiger partial charge in [-0.3, -0.25) is 0 Å². The summed E-state index contributed by atoms with van der Waals surface area (Å²) in [5, 5.41) is 3.41. The number of hydrogen-bond acceptors (Lipinski definition) is 3. The average molecular weight is 473 g/mol. The molecule has 1 aliphatic carbocycles. The molecule has 2 fully saturated rings. The van der Waals surface area contributed by atoms with E-state index in [9.17, 15) is 0 Å². The Labute approximate surface area is 174 Å². The van der Waals surface area contributed by atoms with Gasteiger partial charge < -0.3 is 19.7 Å². The van der Waals surface area contributed by atoms with Crippen molar-refractivity contribution in [2.45, 2.75) is 58.1 Å². The van der Waals surface area contributed by atoms with Gasteiger partial charge in [-0.05, 0) is 63.1 Å². The predicted octanol–water partition coefficient (Wildman–Crippen LogP) is 4.20. The summed E-state index contributed by atoms with van der Waals surface area (Å²) in [5.41, 5.74) is 1.16. The predicted molar refractivity (Wildman–Crippen MR) is 117 cm³/mol. The van der Waals surface area contributed by atoms with Crippen molar-refractivity contribution in [3.05, 3.63) is 23.8 Å². The lowest BCUT2D eigenvalue weighted by molar-refractivity contribution is 0.200. The summed E-state index contributed by atoms with van der Waals surface area (Å²) in [6.07, 6.45) is 7.65. The Morgan fingerprint density at radius 3 is 2.54 bits per heavy atom. The lowest BCUT2D eigenvalue weighted by Gasteiger charge is -2.21. The topological polar surface area (TPSA) is 46.1 Å². The van der Waals surface area contributed by atoms with Crippen LogP contribution < -0.4 is 14.8 Å². The zero-order valence-electron chi connectivity index (χ0n) is 16.0. The zero-order valence-corrected chi connectivity index (χ0v) is 18.3. The van der Waals surface area contributed by atoms with E-state index in [2.05, 4.69) is 29.3 Å². The fourth-order valence-corrected chi connectivity index (χ4v) is 3.62. The molecule has 0 amide bonds. The molecule has 0 unspecified atom stereocenters. The number of ether oxygens (including phenoxy) is 2. The van der Waals surface area contributed by atoms with Gasteiger partial charge in [-0.25, -0.2) is 4.99 Å². The molecule has 0 spiro atoms. The summed E-state index contributed by atoms with van der Waals surface area (Å²) in [4.78, 5) is 7.18.